The van der Waals surface area contributed by atoms with Crippen LogP contribution in [0.2, 0.25) is 5.02 Å². The first-order valence-corrected chi connectivity index (χ1v) is 6.41. The van der Waals surface area contributed by atoms with E-state index in [9.17, 15) is 8.78 Å². The zero-order chi connectivity index (χ0) is 12.7. The third-order valence-electron chi connectivity index (χ3n) is 2.59. The molecule has 0 fully saturated rings. The first kappa shape index (κ1) is 14.2. The van der Waals surface area contributed by atoms with Crippen LogP contribution in [-0.4, -0.2) is 6.54 Å². The van der Waals surface area contributed by atoms with Crippen LogP contribution in [0, 0.1) is 11.6 Å². The van der Waals surface area contributed by atoms with Crippen molar-refractivity contribution in [3.8, 4) is 0 Å². The van der Waals surface area contributed by atoms with Crippen LogP contribution in [-0.2, 0) is 0 Å². The summed E-state index contributed by atoms with van der Waals surface area (Å²) < 4.78 is 26.1. The molecule has 0 aliphatic rings. The van der Waals surface area contributed by atoms with Gasteiger partial charge in [-0.3, -0.25) is 0 Å². The van der Waals surface area contributed by atoms with Gasteiger partial charge >= 0.3 is 0 Å². The Hall–Kier alpha value is -0.830. The maximum atomic E-state index is 13.4. The summed E-state index contributed by atoms with van der Waals surface area (Å²) >= 11 is 5.75. The Labute approximate surface area is 106 Å². The molecule has 4 heteroatoms. The number of anilines is 1. The Morgan fingerprint density at radius 1 is 1.12 bits per heavy atom. The summed E-state index contributed by atoms with van der Waals surface area (Å²) in [6.45, 7) is 2.82. The molecule has 0 radical (unpaired) electrons. The number of rotatable bonds is 7. The fourth-order valence-corrected chi connectivity index (χ4v) is 1.91. The number of hydrogen-bond donors (Lipinski definition) is 1. The summed E-state index contributed by atoms with van der Waals surface area (Å²) in [5, 5.41) is 3.01. The molecule has 1 N–H and O–H groups in total. The van der Waals surface area contributed by atoms with Crippen molar-refractivity contribution in [2.45, 2.75) is 39.0 Å². The fraction of sp³-hybridized carbons (Fsp3) is 0.538. The molecule has 1 aromatic rings. The number of halogens is 3. The summed E-state index contributed by atoms with van der Waals surface area (Å²) in [4.78, 5) is 0. The monoisotopic (exact) mass is 261 g/mol. The van der Waals surface area contributed by atoms with Crippen molar-refractivity contribution in [1.82, 2.24) is 0 Å². The Bertz CT molecular complexity index is 332. The van der Waals surface area contributed by atoms with Crippen molar-refractivity contribution in [3.05, 3.63) is 28.8 Å². The SMILES string of the molecule is CCCCCCCNc1c(F)cc(F)cc1Cl. The minimum atomic E-state index is -0.652. The maximum Gasteiger partial charge on any atom is 0.150 e. The van der Waals surface area contributed by atoms with Crippen LogP contribution >= 0.6 is 11.6 Å². The van der Waals surface area contributed by atoms with E-state index in [0.29, 0.717) is 6.54 Å². The average molecular weight is 262 g/mol. The van der Waals surface area contributed by atoms with E-state index in [0.717, 1.165) is 25.0 Å². The molecule has 1 rings (SSSR count). The van der Waals surface area contributed by atoms with Crippen LogP contribution in [0.15, 0.2) is 12.1 Å². The lowest BCUT2D eigenvalue weighted by molar-refractivity contribution is 0.584. The van der Waals surface area contributed by atoms with E-state index in [1.165, 1.54) is 19.3 Å². The van der Waals surface area contributed by atoms with E-state index >= 15 is 0 Å². The van der Waals surface area contributed by atoms with Crippen LogP contribution in [0.1, 0.15) is 39.0 Å². The van der Waals surface area contributed by atoms with Crippen molar-refractivity contribution in [2.75, 3.05) is 11.9 Å². The molecule has 0 unspecified atom stereocenters. The average Bonchev–Trinajstić information content (AvgIpc) is 2.26. The number of hydrogen-bond acceptors (Lipinski definition) is 1. The van der Waals surface area contributed by atoms with Gasteiger partial charge in [-0.15, -0.1) is 0 Å². The van der Waals surface area contributed by atoms with Crippen molar-refractivity contribution < 1.29 is 8.78 Å². The van der Waals surface area contributed by atoms with Gasteiger partial charge in [-0.05, 0) is 12.5 Å². The normalized spacial score (nSPS) is 10.6. The second-order valence-electron chi connectivity index (χ2n) is 4.09. The Morgan fingerprint density at radius 3 is 2.47 bits per heavy atom. The van der Waals surface area contributed by atoms with Gasteiger partial charge < -0.3 is 5.32 Å². The third kappa shape index (κ3) is 4.90. The van der Waals surface area contributed by atoms with Gasteiger partial charge in [0.2, 0.25) is 0 Å². The van der Waals surface area contributed by atoms with E-state index in [2.05, 4.69) is 12.2 Å². The third-order valence-corrected chi connectivity index (χ3v) is 2.89. The number of nitrogens with one attached hydrogen (secondary N) is 1. The van der Waals surface area contributed by atoms with Gasteiger partial charge in [0.15, 0.2) is 5.82 Å². The molecule has 1 aromatic carbocycles. The fourth-order valence-electron chi connectivity index (χ4n) is 1.65. The molecule has 96 valence electrons. The molecule has 0 heterocycles. The van der Waals surface area contributed by atoms with Crippen LogP contribution in [0.3, 0.4) is 0 Å². The second-order valence-corrected chi connectivity index (χ2v) is 4.49. The molecule has 0 bridgehead atoms. The minimum Gasteiger partial charge on any atom is -0.381 e. The standard InChI is InChI=1S/C13H18ClF2N/c1-2-3-4-5-6-7-17-13-11(14)8-10(15)9-12(13)16/h8-9,17H,2-7H2,1H3. The molecular weight excluding hydrogens is 244 g/mol. The van der Waals surface area contributed by atoms with Gasteiger partial charge in [-0.2, -0.15) is 0 Å². The molecule has 0 spiro atoms. The zero-order valence-electron chi connectivity index (χ0n) is 10.0. The first-order valence-electron chi connectivity index (χ1n) is 6.03. The summed E-state index contributed by atoms with van der Waals surface area (Å²) in [7, 11) is 0. The summed E-state index contributed by atoms with van der Waals surface area (Å²) in [5.41, 5.74) is 0.198. The zero-order valence-corrected chi connectivity index (χ0v) is 10.8. The van der Waals surface area contributed by atoms with Crippen molar-refractivity contribution >= 4 is 17.3 Å². The highest BCUT2D eigenvalue weighted by Crippen LogP contribution is 2.26. The smallest absolute Gasteiger partial charge is 0.150 e. The lowest BCUT2D eigenvalue weighted by Crippen LogP contribution is -2.04. The highest BCUT2D eigenvalue weighted by atomic mass is 35.5. The van der Waals surface area contributed by atoms with Crippen LogP contribution < -0.4 is 5.32 Å². The van der Waals surface area contributed by atoms with Crippen molar-refractivity contribution in [2.24, 2.45) is 0 Å². The van der Waals surface area contributed by atoms with Crippen LogP contribution in [0.5, 0.6) is 0 Å². The lowest BCUT2D eigenvalue weighted by Gasteiger charge is -2.09. The second kappa shape index (κ2) is 7.49. The van der Waals surface area contributed by atoms with E-state index in [1.54, 1.807) is 0 Å². The van der Waals surface area contributed by atoms with Gasteiger partial charge in [-0.25, -0.2) is 8.78 Å². The van der Waals surface area contributed by atoms with Crippen LogP contribution in [0.25, 0.3) is 0 Å². The molecule has 0 aromatic heterocycles. The Morgan fingerprint density at radius 2 is 1.82 bits per heavy atom. The van der Waals surface area contributed by atoms with Gasteiger partial charge in [-0.1, -0.05) is 44.2 Å². The quantitative estimate of drug-likeness (QED) is 0.681. The lowest BCUT2D eigenvalue weighted by atomic mass is 10.1. The van der Waals surface area contributed by atoms with Crippen LogP contribution in [0.4, 0.5) is 14.5 Å². The molecule has 0 aliphatic carbocycles. The molecule has 1 nitrogen and oxygen atoms in total. The maximum absolute atomic E-state index is 13.4. The Kier molecular flexibility index (Phi) is 6.27. The highest BCUT2D eigenvalue weighted by molar-refractivity contribution is 6.33. The van der Waals surface area contributed by atoms with Crippen molar-refractivity contribution in [3.63, 3.8) is 0 Å². The van der Waals surface area contributed by atoms with Gasteiger partial charge in [0.25, 0.3) is 0 Å². The van der Waals surface area contributed by atoms with E-state index in [1.807, 2.05) is 0 Å². The molecular formula is C13H18ClF2N. The molecule has 0 aliphatic heterocycles. The minimum absolute atomic E-state index is 0.0936. The number of unbranched alkanes of at least 4 members (excludes halogenated alkanes) is 4. The summed E-state index contributed by atoms with van der Waals surface area (Å²) in [5.74, 6) is -1.29. The molecule has 0 atom stereocenters. The highest BCUT2D eigenvalue weighted by Gasteiger charge is 2.08. The van der Waals surface area contributed by atoms with E-state index < -0.39 is 11.6 Å². The van der Waals surface area contributed by atoms with E-state index in [-0.39, 0.29) is 10.7 Å². The topological polar surface area (TPSA) is 12.0 Å². The summed E-state index contributed by atoms with van der Waals surface area (Å²) in [6, 6.07) is 1.95. The van der Waals surface area contributed by atoms with Gasteiger partial charge in [0.1, 0.15) is 5.82 Å². The largest absolute Gasteiger partial charge is 0.381 e. The van der Waals surface area contributed by atoms with Crippen molar-refractivity contribution in [1.29, 1.82) is 0 Å². The Balaban J connectivity index is 2.36. The van der Waals surface area contributed by atoms with Gasteiger partial charge in [0, 0.05) is 12.6 Å². The predicted molar refractivity (Wildman–Crippen MR) is 68.6 cm³/mol. The molecule has 0 saturated heterocycles. The molecule has 0 saturated carbocycles. The first-order chi connectivity index (χ1) is 8.15. The molecule has 0 amide bonds. The van der Waals surface area contributed by atoms with E-state index in [4.69, 9.17) is 11.6 Å². The number of benzene rings is 1. The predicted octanol–water partition coefficient (Wildman–Crippen LogP) is 5.00. The van der Waals surface area contributed by atoms with Gasteiger partial charge in [0.05, 0.1) is 10.7 Å². The summed E-state index contributed by atoms with van der Waals surface area (Å²) in [6.07, 6.45) is 5.70. The molecule has 17 heavy (non-hydrogen) atoms.